The van der Waals surface area contributed by atoms with E-state index in [1.54, 1.807) is 0 Å². The molecule has 3 rings (SSSR count). The Labute approximate surface area is 197 Å². The Bertz CT molecular complexity index is 826. The zero-order valence-electron chi connectivity index (χ0n) is 20.0. The van der Waals surface area contributed by atoms with Gasteiger partial charge in [-0.2, -0.15) is 11.8 Å². The predicted molar refractivity (Wildman–Crippen MR) is 134 cm³/mol. The number of benzene rings is 1. The lowest BCUT2D eigenvalue weighted by atomic mass is 9.95. The van der Waals surface area contributed by atoms with Gasteiger partial charge in [0.25, 0.3) is 0 Å². The van der Waals surface area contributed by atoms with Gasteiger partial charge in [0, 0.05) is 24.6 Å². The summed E-state index contributed by atoms with van der Waals surface area (Å²) in [6.45, 7) is 9.82. The van der Waals surface area contributed by atoms with E-state index in [0.29, 0.717) is 5.89 Å². The Morgan fingerprint density at radius 1 is 1.16 bits per heavy atom. The van der Waals surface area contributed by atoms with Crippen LogP contribution in [0.3, 0.4) is 0 Å². The van der Waals surface area contributed by atoms with Crippen molar-refractivity contribution in [3.05, 3.63) is 41.3 Å². The van der Waals surface area contributed by atoms with Gasteiger partial charge in [0.05, 0.1) is 5.69 Å². The van der Waals surface area contributed by atoms with E-state index >= 15 is 0 Å². The highest BCUT2D eigenvalue weighted by Crippen LogP contribution is 2.25. The zero-order chi connectivity index (χ0) is 22.8. The molecule has 0 aliphatic carbocycles. The van der Waals surface area contributed by atoms with Crippen LogP contribution in [0.1, 0.15) is 63.0 Å². The third kappa shape index (κ3) is 7.38. The minimum atomic E-state index is 0.144. The minimum absolute atomic E-state index is 0.144. The second-order valence-corrected chi connectivity index (χ2v) is 9.96. The monoisotopic (exact) mass is 457 g/mol. The van der Waals surface area contributed by atoms with E-state index < -0.39 is 0 Å². The summed E-state index contributed by atoms with van der Waals surface area (Å²) in [5.41, 5.74) is 3.34. The lowest BCUT2D eigenvalue weighted by Gasteiger charge is -2.30. The Kier molecular flexibility index (Phi) is 10.1. The Balaban J connectivity index is 1.40. The summed E-state index contributed by atoms with van der Waals surface area (Å²) >= 11 is 2.00. The number of hydrogen-bond acceptors (Lipinski definition) is 5. The molecule has 1 aromatic heterocycles. The molecule has 6 heteroatoms. The zero-order valence-corrected chi connectivity index (χ0v) is 20.8. The van der Waals surface area contributed by atoms with E-state index in [2.05, 4.69) is 48.3 Å². The number of amides is 1. The van der Waals surface area contributed by atoms with Crippen LogP contribution < -0.4 is 5.32 Å². The first-order valence-electron chi connectivity index (χ1n) is 12.2. The predicted octanol–water partition coefficient (Wildman–Crippen LogP) is 5.46. The van der Waals surface area contributed by atoms with Gasteiger partial charge in [0.1, 0.15) is 5.76 Å². The highest BCUT2D eigenvalue weighted by molar-refractivity contribution is 7.99. The molecule has 0 unspecified atom stereocenters. The van der Waals surface area contributed by atoms with E-state index in [1.165, 1.54) is 24.2 Å². The maximum atomic E-state index is 12.5. The van der Waals surface area contributed by atoms with Gasteiger partial charge >= 0.3 is 0 Å². The molecular formula is C26H39N3O2S. The molecule has 5 nitrogen and oxygen atoms in total. The maximum absolute atomic E-state index is 12.5. The molecule has 176 valence electrons. The summed E-state index contributed by atoms with van der Waals surface area (Å²) in [6, 6.07) is 8.44. The molecule has 1 N–H and O–H groups in total. The molecule has 32 heavy (non-hydrogen) atoms. The van der Waals surface area contributed by atoms with Gasteiger partial charge in [-0.05, 0) is 81.3 Å². The van der Waals surface area contributed by atoms with Crippen LogP contribution in [-0.2, 0) is 17.8 Å². The smallest absolute Gasteiger partial charge is 0.226 e. The molecule has 0 spiro atoms. The van der Waals surface area contributed by atoms with E-state index in [9.17, 15) is 4.79 Å². The Hall–Kier alpha value is -1.79. The second-order valence-electron chi connectivity index (χ2n) is 8.73. The fourth-order valence-corrected chi connectivity index (χ4v) is 5.07. The van der Waals surface area contributed by atoms with Crippen LogP contribution in [0.5, 0.6) is 0 Å². The van der Waals surface area contributed by atoms with Crippen LogP contribution in [0.15, 0.2) is 28.7 Å². The maximum Gasteiger partial charge on any atom is 0.226 e. The summed E-state index contributed by atoms with van der Waals surface area (Å²) < 4.78 is 5.96. The third-order valence-electron chi connectivity index (χ3n) is 6.24. The van der Waals surface area contributed by atoms with Crippen molar-refractivity contribution in [2.24, 2.45) is 5.92 Å². The van der Waals surface area contributed by atoms with Crippen molar-refractivity contribution in [3.8, 4) is 11.5 Å². The van der Waals surface area contributed by atoms with Crippen LogP contribution in [0, 0.1) is 12.8 Å². The molecule has 0 atom stereocenters. The average molecular weight is 458 g/mol. The number of carbonyl (C=O) groups excluding carboxylic acids is 1. The first-order valence-corrected chi connectivity index (χ1v) is 13.4. The number of piperidine rings is 1. The number of unbranched alkanes of at least 4 members (excludes halogenated alkanes) is 1. The van der Waals surface area contributed by atoms with Gasteiger partial charge in [-0.1, -0.05) is 32.4 Å². The standard InChI is InChI=1S/C26H39N3O2S/c1-4-6-17-32-18-7-14-27-25(30)22-12-15-29(16-13-22)19-24-20(3)31-26(28-24)23-10-8-21(5-2)9-11-23/h8-11,22H,4-7,12-19H2,1-3H3,(H,27,30). The molecule has 0 saturated carbocycles. The minimum Gasteiger partial charge on any atom is -0.441 e. The normalized spacial score (nSPS) is 15.2. The van der Waals surface area contributed by atoms with E-state index in [-0.39, 0.29) is 11.8 Å². The van der Waals surface area contributed by atoms with Crippen LogP contribution >= 0.6 is 11.8 Å². The van der Waals surface area contributed by atoms with Gasteiger partial charge in [-0.25, -0.2) is 4.98 Å². The topological polar surface area (TPSA) is 58.4 Å². The summed E-state index contributed by atoms with van der Waals surface area (Å²) in [5, 5.41) is 3.15. The van der Waals surface area contributed by atoms with Crippen molar-refractivity contribution in [1.29, 1.82) is 0 Å². The number of aryl methyl sites for hydroxylation is 2. The number of likely N-dealkylation sites (tertiary alicyclic amines) is 1. The fourth-order valence-electron chi connectivity index (χ4n) is 4.02. The van der Waals surface area contributed by atoms with Crippen molar-refractivity contribution in [1.82, 2.24) is 15.2 Å². The second kappa shape index (κ2) is 13.0. The van der Waals surface area contributed by atoms with Crippen molar-refractivity contribution >= 4 is 17.7 Å². The summed E-state index contributed by atoms with van der Waals surface area (Å²) in [4.78, 5) is 19.7. The first-order chi connectivity index (χ1) is 15.6. The van der Waals surface area contributed by atoms with Gasteiger partial charge in [-0.3, -0.25) is 9.69 Å². The van der Waals surface area contributed by atoms with Crippen LogP contribution in [-0.4, -0.2) is 46.9 Å². The number of oxazole rings is 1. The molecule has 0 bridgehead atoms. The molecule has 2 heterocycles. The largest absolute Gasteiger partial charge is 0.441 e. The van der Waals surface area contributed by atoms with Crippen LogP contribution in [0.4, 0.5) is 0 Å². The molecule has 1 aromatic carbocycles. The number of hydrogen-bond donors (Lipinski definition) is 1. The van der Waals surface area contributed by atoms with Crippen LogP contribution in [0.25, 0.3) is 11.5 Å². The Morgan fingerprint density at radius 2 is 1.88 bits per heavy atom. The lowest BCUT2D eigenvalue weighted by Crippen LogP contribution is -2.40. The molecule has 2 aromatic rings. The summed E-state index contributed by atoms with van der Waals surface area (Å²) in [5.74, 6) is 4.34. The van der Waals surface area contributed by atoms with Gasteiger partial charge in [0.2, 0.25) is 11.8 Å². The molecular weight excluding hydrogens is 418 g/mol. The number of carbonyl (C=O) groups is 1. The van der Waals surface area contributed by atoms with Crippen molar-refractivity contribution in [3.63, 3.8) is 0 Å². The van der Waals surface area contributed by atoms with Crippen molar-refractivity contribution < 1.29 is 9.21 Å². The molecule has 1 aliphatic rings. The number of thioether (sulfide) groups is 1. The highest BCUT2D eigenvalue weighted by atomic mass is 32.2. The molecule has 1 amide bonds. The van der Waals surface area contributed by atoms with Crippen molar-refractivity contribution in [2.45, 2.75) is 65.8 Å². The van der Waals surface area contributed by atoms with Crippen LogP contribution in [0.2, 0.25) is 0 Å². The molecule has 1 saturated heterocycles. The van der Waals surface area contributed by atoms with Gasteiger partial charge in [-0.15, -0.1) is 0 Å². The van der Waals surface area contributed by atoms with E-state index in [4.69, 9.17) is 9.40 Å². The highest BCUT2D eigenvalue weighted by Gasteiger charge is 2.25. The summed E-state index contributed by atoms with van der Waals surface area (Å²) in [6.07, 6.45) is 6.47. The SMILES string of the molecule is CCCCSCCCNC(=O)C1CCN(Cc2nc(-c3ccc(CC)cc3)oc2C)CC1. The Morgan fingerprint density at radius 3 is 2.56 bits per heavy atom. The fraction of sp³-hybridized carbons (Fsp3) is 0.615. The summed E-state index contributed by atoms with van der Waals surface area (Å²) in [7, 11) is 0. The van der Waals surface area contributed by atoms with Gasteiger partial charge in [0.15, 0.2) is 0 Å². The number of rotatable bonds is 12. The molecule has 1 fully saturated rings. The molecule has 0 radical (unpaired) electrons. The molecule has 1 aliphatic heterocycles. The van der Waals surface area contributed by atoms with Crippen molar-refractivity contribution in [2.75, 3.05) is 31.1 Å². The average Bonchev–Trinajstić information content (AvgIpc) is 3.19. The van der Waals surface area contributed by atoms with Gasteiger partial charge < -0.3 is 9.73 Å². The number of nitrogens with one attached hydrogen (secondary N) is 1. The number of aromatic nitrogens is 1. The van der Waals surface area contributed by atoms with E-state index in [0.717, 1.165) is 74.6 Å². The lowest BCUT2D eigenvalue weighted by molar-refractivity contribution is -0.126. The number of nitrogens with zero attached hydrogens (tertiary/aromatic N) is 2. The first kappa shape index (κ1) is 24.8. The third-order valence-corrected chi connectivity index (χ3v) is 7.40. The quantitative estimate of drug-likeness (QED) is 0.429. The van der Waals surface area contributed by atoms with E-state index in [1.807, 2.05) is 18.7 Å².